The Morgan fingerprint density at radius 3 is 2.66 bits per heavy atom. The first-order chi connectivity index (χ1) is 13.9. The van der Waals surface area contributed by atoms with Crippen LogP contribution < -0.4 is 11.1 Å². The second kappa shape index (κ2) is 9.67. The third-order valence-electron chi connectivity index (χ3n) is 5.38. The minimum absolute atomic E-state index is 0.0486. The Morgan fingerprint density at radius 1 is 1.21 bits per heavy atom. The highest BCUT2D eigenvalue weighted by Crippen LogP contribution is 2.25. The third kappa shape index (κ3) is 6.14. The van der Waals surface area contributed by atoms with Crippen LogP contribution in [0.5, 0.6) is 0 Å². The van der Waals surface area contributed by atoms with Gasteiger partial charge >= 0.3 is 5.97 Å². The molecule has 6 heteroatoms. The first-order valence-electron chi connectivity index (χ1n) is 10.1. The summed E-state index contributed by atoms with van der Waals surface area (Å²) in [6.45, 7) is 5.52. The van der Waals surface area contributed by atoms with Gasteiger partial charge in [-0.3, -0.25) is 15.1 Å². The number of hydrogen-bond donors (Lipinski definition) is 4. The van der Waals surface area contributed by atoms with E-state index in [1.54, 1.807) is 0 Å². The van der Waals surface area contributed by atoms with Crippen molar-refractivity contribution in [2.45, 2.75) is 26.3 Å². The molecule has 154 valence electrons. The molecule has 1 aliphatic heterocycles. The molecule has 0 aromatic heterocycles. The van der Waals surface area contributed by atoms with Crippen molar-refractivity contribution in [3.8, 4) is 11.1 Å². The number of nitrogens with one attached hydrogen (secondary N) is 2. The number of aryl methyl sites for hydroxylation is 1. The summed E-state index contributed by atoms with van der Waals surface area (Å²) < 4.78 is 0. The van der Waals surface area contributed by atoms with Crippen molar-refractivity contribution in [2.75, 3.05) is 26.2 Å². The number of amidine groups is 1. The number of carboxylic acids is 1. The van der Waals surface area contributed by atoms with E-state index in [1.807, 2.05) is 29.2 Å². The van der Waals surface area contributed by atoms with E-state index in [-0.39, 0.29) is 12.4 Å². The van der Waals surface area contributed by atoms with Crippen molar-refractivity contribution >= 4 is 11.8 Å². The fourth-order valence-corrected chi connectivity index (χ4v) is 4.05. The van der Waals surface area contributed by atoms with Crippen LogP contribution in [0.4, 0.5) is 0 Å². The molecule has 2 aromatic carbocycles. The highest BCUT2D eigenvalue weighted by Gasteiger charge is 2.19. The van der Waals surface area contributed by atoms with Gasteiger partial charge in [-0.1, -0.05) is 35.9 Å². The second-order valence-corrected chi connectivity index (χ2v) is 7.96. The Bertz CT molecular complexity index is 875. The van der Waals surface area contributed by atoms with E-state index in [4.69, 9.17) is 11.1 Å². The number of piperidine rings is 1. The molecule has 1 saturated heterocycles. The molecule has 0 atom stereocenters. The molecule has 0 radical (unpaired) electrons. The smallest absolute Gasteiger partial charge is 0.317 e. The largest absolute Gasteiger partial charge is 0.480 e. The van der Waals surface area contributed by atoms with Gasteiger partial charge in [0, 0.05) is 18.7 Å². The van der Waals surface area contributed by atoms with Crippen LogP contribution in [0.2, 0.25) is 0 Å². The van der Waals surface area contributed by atoms with Crippen LogP contribution in [0.3, 0.4) is 0 Å². The Labute approximate surface area is 172 Å². The number of nitrogens with two attached hydrogens (primary N) is 1. The van der Waals surface area contributed by atoms with Crippen LogP contribution in [-0.4, -0.2) is 48.0 Å². The highest BCUT2D eigenvalue weighted by atomic mass is 16.4. The number of rotatable bonds is 8. The van der Waals surface area contributed by atoms with Gasteiger partial charge in [0.2, 0.25) is 0 Å². The standard InChI is InChI=1S/C23H30N4O2/c1-16-9-18(11-21(10-16)19-3-2-4-20(12-19)23(24)25)14-27(15-22(28)29)13-17-5-7-26-8-6-17/h2-4,9-12,17,26H,5-8,13-15H2,1H3,(H3,24,25)(H,28,29). The summed E-state index contributed by atoms with van der Waals surface area (Å²) in [6.07, 6.45) is 2.18. The van der Waals surface area contributed by atoms with Crippen molar-refractivity contribution in [2.24, 2.45) is 11.7 Å². The normalized spacial score (nSPS) is 14.8. The Hall–Kier alpha value is -2.70. The molecule has 0 aliphatic carbocycles. The van der Waals surface area contributed by atoms with Crippen LogP contribution in [0.15, 0.2) is 42.5 Å². The molecular formula is C23H30N4O2. The number of aliphatic carboxylic acids is 1. The summed E-state index contributed by atoms with van der Waals surface area (Å²) in [5.41, 5.74) is 10.6. The van der Waals surface area contributed by atoms with Crippen molar-refractivity contribution in [1.29, 1.82) is 5.41 Å². The lowest BCUT2D eigenvalue weighted by Crippen LogP contribution is -2.38. The molecule has 1 fully saturated rings. The van der Waals surface area contributed by atoms with E-state index in [9.17, 15) is 9.90 Å². The molecule has 0 bridgehead atoms. The molecule has 0 saturated carbocycles. The molecule has 29 heavy (non-hydrogen) atoms. The summed E-state index contributed by atoms with van der Waals surface area (Å²) in [5, 5.41) is 20.4. The van der Waals surface area contributed by atoms with E-state index < -0.39 is 5.97 Å². The Kier molecular flexibility index (Phi) is 7.01. The van der Waals surface area contributed by atoms with E-state index in [2.05, 4.69) is 30.4 Å². The van der Waals surface area contributed by atoms with Crippen LogP contribution in [0.25, 0.3) is 11.1 Å². The van der Waals surface area contributed by atoms with E-state index >= 15 is 0 Å². The van der Waals surface area contributed by atoms with Crippen molar-refractivity contribution in [3.63, 3.8) is 0 Å². The molecule has 0 amide bonds. The van der Waals surface area contributed by atoms with Gasteiger partial charge in [0.05, 0.1) is 6.54 Å². The highest BCUT2D eigenvalue weighted by molar-refractivity contribution is 5.96. The lowest BCUT2D eigenvalue weighted by atomic mass is 9.96. The molecular weight excluding hydrogens is 364 g/mol. The number of benzene rings is 2. The average Bonchev–Trinajstić information content (AvgIpc) is 2.68. The molecule has 6 nitrogen and oxygen atoms in total. The van der Waals surface area contributed by atoms with E-state index in [1.165, 1.54) is 0 Å². The predicted molar refractivity (Wildman–Crippen MR) is 116 cm³/mol. The monoisotopic (exact) mass is 394 g/mol. The van der Waals surface area contributed by atoms with Crippen LogP contribution in [0, 0.1) is 18.3 Å². The molecule has 0 unspecified atom stereocenters. The van der Waals surface area contributed by atoms with Gasteiger partial charge in [-0.05, 0) is 67.6 Å². The first-order valence-corrected chi connectivity index (χ1v) is 10.1. The zero-order chi connectivity index (χ0) is 20.8. The Morgan fingerprint density at radius 2 is 1.97 bits per heavy atom. The van der Waals surface area contributed by atoms with E-state index in [0.29, 0.717) is 18.0 Å². The predicted octanol–water partition coefficient (Wildman–Crippen LogP) is 2.83. The van der Waals surface area contributed by atoms with Crippen LogP contribution in [-0.2, 0) is 11.3 Å². The molecule has 1 aliphatic rings. The average molecular weight is 395 g/mol. The molecule has 5 N–H and O–H groups in total. The summed E-state index contributed by atoms with van der Waals surface area (Å²) >= 11 is 0. The third-order valence-corrected chi connectivity index (χ3v) is 5.38. The lowest BCUT2D eigenvalue weighted by molar-refractivity contribution is -0.138. The van der Waals surface area contributed by atoms with Gasteiger partial charge in [-0.15, -0.1) is 0 Å². The summed E-state index contributed by atoms with van der Waals surface area (Å²) in [4.78, 5) is 13.5. The number of hydrogen-bond acceptors (Lipinski definition) is 4. The number of nitrogen functional groups attached to an aromatic ring is 1. The van der Waals surface area contributed by atoms with Gasteiger partial charge in [-0.25, -0.2) is 0 Å². The molecule has 0 spiro atoms. The number of nitrogens with zero attached hydrogens (tertiary/aromatic N) is 1. The SMILES string of the molecule is Cc1cc(CN(CC(=O)O)CC2CCNCC2)cc(-c2cccc(C(=N)N)c2)c1. The van der Waals surface area contributed by atoms with Gasteiger partial charge in [0.25, 0.3) is 0 Å². The van der Waals surface area contributed by atoms with Crippen LogP contribution in [0.1, 0.15) is 29.5 Å². The second-order valence-electron chi connectivity index (χ2n) is 7.96. The van der Waals surface area contributed by atoms with Crippen molar-refractivity contribution < 1.29 is 9.90 Å². The zero-order valence-electron chi connectivity index (χ0n) is 16.9. The molecule has 3 rings (SSSR count). The lowest BCUT2D eigenvalue weighted by Gasteiger charge is -2.29. The van der Waals surface area contributed by atoms with Gasteiger partial charge in [-0.2, -0.15) is 0 Å². The minimum Gasteiger partial charge on any atom is -0.480 e. The van der Waals surface area contributed by atoms with Gasteiger partial charge in [0.1, 0.15) is 5.84 Å². The maximum Gasteiger partial charge on any atom is 0.317 e. The fraction of sp³-hybridized carbons (Fsp3) is 0.391. The summed E-state index contributed by atoms with van der Waals surface area (Å²) in [5.74, 6) is -0.206. The van der Waals surface area contributed by atoms with Gasteiger partial charge < -0.3 is 16.2 Å². The van der Waals surface area contributed by atoms with Crippen molar-refractivity contribution in [1.82, 2.24) is 10.2 Å². The fourth-order valence-electron chi connectivity index (χ4n) is 4.05. The van der Waals surface area contributed by atoms with Gasteiger partial charge in [0.15, 0.2) is 0 Å². The quantitative estimate of drug-likeness (QED) is 0.407. The minimum atomic E-state index is -0.791. The summed E-state index contributed by atoms with van der Waals surface area (Å²) in [6, 6.07) is 14.0. The zero-order valence-corrected chi connectivity index (χ0v) is 16.9. The Balaban J connectivity index is 1.82. The summed E-state index contributed by atoms with van der Waals surface area (Å²) in [7, 11) is 0. The maximum absolute atomic E-state index is 11.4. The maximum atomic E-state index is 11.4. The van der Waals surface area contributed by atoms with Crippen LogP contribution >= 0.6 is 0 Å². The van der Waals surface area contributed by atoms with E-state index in [0.717, 1.165) is 54.7 Å². The number of carbonyl (C=O) groups is 1. The number of carboxylic acid groups (broad SMARTS) is 1. The first kappa shape index (κ1) is 21.0. The molecule has 1 heterocycles. The van der Waals surface area contributed by atoms with Crippen molar-refractivity contribution in [3.05, 3.63) is 59.2 Å². The molecule has 2 aromatic rings. The topological polar surface area (TPSA) is 102 Å².